The van der Waals surface area contributed by atoms with Crippen molar-refractivity contribution >= 4 is 50.7 Å². The number of nitrogens with one attached hydrogen (secondary N) is 1. The van der Waals surface area contributed by atoms with Crippen molar-refractivity contribution in [3.8, 4) is 0 Å². The van der Waals surface area contributed by atoms with Gasteiger partial charge in [-0.3, -0.25) is 20.1 Å². The quantitative estimate of drug-likeness (QED) is 0.306. The highest BCUT2D eigenvalue weighted by atomic mass is 35.5. The molecule has 3 aromatic rings. The van der Waals surface area contributed by atoms with E-state index in [4.69, 9.17) is 11.6 Å². The van der Waals surface area contributed by atoms with Crippen molar-refractivity contribution in [2.24, 2.45) is 4.99 Å². The number of hydrogen-bond acceptors (Lipinski definition) is 6. The fraction of sp³-hybridized carbons (Fsp3) is 0.125. The SMILES string of the molecule is O=[N+]([O-])c1ccc(C=NCCNc2ccnc3cc(Cl)ccc23)s1. The van der Waals surface area contributed by atoms with E-state index >= 15 is 0 Å². The first-order valence-electron chi connectivity index (χ1n) is 7.16. The highest BCUT2D eigenvalue weighted by molar-refractivity contribution is 7.16. The molecule has 8 heteroatoms. The van der Waals surface area contributed by atoms with E-state index in [0.29, 0.717) is 18.1 Å². The zero-order valence-corrected chi connectivity index (χ0v) is 14.0. The number of anilines is 1. The van der Waals surface area contributed by atoms with Crippen LogP contribution in [0.1, 0.15) is 4.88 Å². The third kappa shape index (κ3) is 3.87. The summed E-state index contributed by atoms with van der Waals surface area (Å²) in [6.45, 7) is 1.20. The van der Waals surface area contributed by atoms with E-state index in [1.165, 1.54) is 6.07 Å². The number of rotatable bonds is 6. The topological polar surface area (TPSA) is 80.4 Å². The van der Waals surface area contributed by atoms with Crippen LogP contribution in [-0.2, 0) is 0 Å². The van der Waals surface area contributed by atoms with Gasteiger partial charge in [-0.15, -0.1) is 0 Å². The molecular formula is C16H13ClN4O2S. The summed E-state index contributed by atoms with van der Waals surface area (Å²) in [7, 11) is 0. The van der Waals surface area contributed by atoms with Crippen LogP contribution in [0.3, 0.4) is 0 Å². The summed E-state index contributed by atoms with van der Waals surface area (Å²) in [4.78, 5) is 19.6. The van der Waals surface area contributed by atoms with Gasteiger partial charge in [0.05, 0.1) is 21.9 Å². The number of halogens is 1. The van der Waals surface area contributed by atoms with Gasteiger partial charge in [0, 0.05) is 41.1 Å². The third-order valence-electron chi connectivity index (χ3n) is 3.27. The number of hydrogen-bond donors (Lipinski definition) is 1. The minimum atomic E-state index is -0.398. The molecule has 2 heterocycles. The Hall–Kier alpha value is -2.51. The lowest BCUT2D eigenvalue weighted by molar-refractivity contribution is -0.380. The first kappa shape index (κ1) is 16.4. The molecule has 0 saturated heterocycles. The number of nitrogens with zero attached hydrogens (tertiary/aromatic N) is 3. The number of nitro groups is 1. The van der Waals surface area contributed by atoms with Crippen LogP contribution in [0, 0.1) is 10.1 Å². The standard InChI is InChI=1S/C16H13ClN4O2S/c17-11-1-3-13-14(5-6-19-15(13)9-11)20-8-7-18-10-12-2-4-16(24-12)21(22)23/h1-6,9-10H,7-8H2,(H,19,20). The smallest absolute Gasteiger partial charge is 0.324 e. The van der Waals surface area contributed by atoms with Crippen LogP contribution in [0.15, 0.2) is 47.6 Å². The minimum Gasteiger partial charge on any atom is -0.383 e. The van der Waals surface area contributed by atoms with Gasteiger partial charge in [0.1, 0.15) is 0 Å². The molecule has 0 radical (unpaired) electrons. The average molecular weight is 361 g/mol. The third-order valence-corrected chi connectivity index (χ3v) is 4.48. The molecule has 0 unspecified atom stereocenters. The molecule has 1 aromatic carbocycles. The molecule has 0 saturated carbocycles. The summed E-state index contributed by atoms with van der Waals surface area (Å²) in [6, 6.07) is 10.7. The Bertz CT molecular complexity index is 910. The Kier molecular flexibility index (Phi) is 5.02. The summed E-state index contributed by atoms with van der Waals surface area (Å²) in [5, 5.41) is 15.7. The minimum absolute atomic E-state index is 0.122. The Labute approximate surface area is 147 Å². The monoisotopic (exact) mass is 360 g/mol. The van der Waals surface area contributed by atoms with Gasteiger partial charge in [0.15, 0.2) is 0 Å². The highest BCUT2D eigenvalue weighted by Crippen LogP contribution is 2.24. The number of pyridine rings is 1. The Balaban J connectivity index is 1.58. The van der Waals surface area contributed by atoms with E-state index in [1.807, 2.05) is 24.3 Å². The summed E-state index contributed by atoms with van der Waals surface area (Å²) in [6.07, 6.45) is 3.39. The van der Waals surface area contributed by atoms with Gasteiger partial charge in [0.25, 0.3) is 0 Å². The molecule has 0 aliphatic rings. The summed E-state index contributed by atoms with van der Waals surface area (Å²) in [5.41, 5.74) is 1.81. The maximum atomic E-state index is 10.6. The second-order valence-electron chi connectivity index (χ2n) is 4.92. The number of fused-ring (bicyclic) bond motifs is 1. The number of benzene rings is 1. The molecule has 0 bridgehead atoms. The molecule has 3 rings (SSSR count). The van der Waals surface area contributed by atoms with Crippen molar-refractivity contribution < 1.29 is 4.92 Å². The fourth-order valence-electron chi connectivity index (χ4n) is 2.19. The van der Waals surface area contributed by atoms with Crippen LogP contribution in [-0.4, -0.2) is 29.2 Å². The van der Waals surface area contributed by atoms with Crippen LogP contribution in [0.5, 0.6) is 0 Å². The molecule has 0 fully saturated rings. The lowest BCUT2D eigenvalue weighted by atomic mass is 10.2. The van der Waals surface area contributed by atoms with Crippen molar-refractivity contribution in [1.29, 1.82) is 0 Å². The van der Waals surface area contributed by atoms with Gasteiger partial charge < -0.3 is 5.32 Å². The Morgan fingerprint density at radius 1 is 1.33 bits per heavy atom. The maximum Gasteiger partial charge on any atom is 0.324 e. The summed E-state index contributed by atoms with van der Waals surface area (Å²) >= 11 is 7.08. The van der Waals surface area contributed by atoms with Crippen LogP contribution < -0.4 is 5.32 Å². The largest absolute Gasteiger partial charge is 0.383 e. The van der Waals surface area contributed by atoms with Crippen LogP contribution in [0.4, 0.5) is 10.7 Å². The molecule has 0 atom stereocenters. The average Bonchev–Trinajstić information content (AvgIpc) is 3.03. The molecule has 122 valence electrons. The molecule has 0 amide bonds. The number of thiophene rings is 1. The molecule has 24 heavy (non-hydrogen) atoms. The first-order valence-corrected chi connectivity index (χ1v) is 8.35. The molecule has 0 aliphatic heterocycles. The van der Waals surface area contributed by atoms with Gasteiger partial charge in [-0.25, -0.2) is 0 Å². The van der Waals surface area contributed by atoms with E-state index < -0.39 is 4.92 Å². The molecule has 6 nitrogen and oxygen atoms in total. The maximum absolute atomic E-state index is 10.6. The van der Waals surface area contributed by atoms with E-state index in [0.717, 1.165) is 32.8 Å². The fourth-order valence-corrected chi connectivity index (χ4v) is 3.08. The van der Waals surface area contributed by atoms with E-state index in [-0.39, 0.29) is 5.00 Å². The Morgan fingerprint density at radius 3 is 3.00 bits per heavy atom. The van der Waals surface area contributed by atoms with E-state index in [9.17, 15) is 10.1 Å². The second kappa shape index (κ2) is 7.37. The molecule has 0 aliphatic carbocycles. The van der Waals surface area contributed by atoms with Crippen LogP contribution in [0.2, 0.25) is 5.02 Å². The molecular weight excluding hydrogens is 348 g/mol. The number of aliphatic imine (C=N–C) groups is 1. The zero-order chi connectivity index (χ0) is 16.9. The van der Waals surface area contributed by atoms with Crippen molar-refractivity contribution in [2.45, 2.75) is 0 Å². The predicted octanol–water partition coefficient (Wildman–Crippen LogP) is 4.39. The molecule has 0 spiro atoms. The van der Waals surface area contributed by atoms with Gasteiger partial charge in [-0.05, 0) is 30.3 Å². The predicted molar refractivity (Wildman–Crippen MR) is 98.7 cm³/mol. The van der Waals surface area contributed by atoms with E-state index in [2.05, 4.69) is 15.3 Å². The van der Waals surface area contributed by atoms with Gasteiger partial charge in [0.2, 0.25) is 0 Å². The van der Waals surface area contributed by atoms with Crippen molar-refractivity contribution in [3.05, 3.63) is 62.6 Å². The second-order valence-corrected chi connectivity index (χ2v) is 6.45. The van der Waals surface area contributed by atoms with Crippen LogP contribution >= 0.6 is 22.9 Å². The lowest BCUT2D eigenvalue weighted by Gasteiger charge is -2.08. The van der Waals surface area contributed by atoms with Crippen molar-refractivity contribution in [3.63, 3.8) is 0 Å². The van der Waals surface area contributed by atoms with Crippen molar-refractivity contribution in [1.82, 2.24) is 4.98 Å². The normalized spacial score (nSPS) is 11.2. The number of aromatic nitrogens is 1. The van der Waals surface area contributed by atoms with E-state index in [1.54, 1.807) is 18.5 Å². The van der Waals surface area contributed by atoms with Gasteiger partial charge in [-0.1, -0.05) is 22.9 Å². The molecule has 1 N–H and O–H groups in total. The lowest BCUT2D eigenvalue weighted by Crippen LogP contribution is -2.05. The first-order chi connectivity index (χ1) is 11.6. The summed E-state index contributed by atoms with van der Waals surface area (Å²) < 4.78 is 0. The molecule has 2 aromatic heterocycles. The van der Waals surface area contributed by atoms with Crippen LogP contribution in [0.25, 0.3) is 10.9 Å². The van der Waals surface area contributed by atoms with Crippen molar-refractivity contribution in [2.75, 3.05) is 18.4 Å². The highest BCUT2D eigenvalue weighted by Gasteiger charge is 2.07. The Morgan fingerprint density at radius 2 is 2.21 bits per heavy atom. The van der Waals surface area contributed by atoms with Gasteiger partial charge in [-0.2, -0.15) is 0 Å². The van der Waals surface area contributed by atoms with Gasteiger partial charge >= 0.3 is 5.00 Å². The summed E-state index contributed by atoms with van der Waals surface area (Å²) in [5.74, 6) is 0. The zero-order valence-electron chi connectivity index (χ0n) is 12.5.